The van der Waals surface area contributed by atoms with Crippen LogP contribution in [0.25, 0.3) is 21.2 Å². The first kappa shape index (κ1) is 56.9. The molecule has 0 spiro atoms. The van der Waals surface area contributed by atoms with Gasteiger partial charge in [-0.05, 0) is 84.6 Å². The zero-order chi connectivity index (χ0) is 51.6. The zero-order valence-electron chi connectivity index (χ0n) is 40.7. The van der Waals surface area contributed by atoms with Crippen molar-refractivity contribution >= 4 is 62.3 Å². The fourth-order valence-corrected chi connectivity index (χ4v) is 8.08. The van der Waals surface area contributed by atoms with Crippen LogP contribution in [0.4, 0.5) is 0 Å². The zero-order valence-corrected chi connectivity index (χ0v) is 42.2. The number of rotatable bonds is 23. The largest absolute Gasteiger partial charge is 0.550 e. The Labute approximate surface area is 427 Å². The normalized spacial score (nSPS) is 12.5. The van der Waals surface area contributed by atoms with Crippen molar-refractivity contribution in [1.29, 1.82) is 0 Å². The molecule has 0 aromatic heterocycles. The van der Waals surface area contributed by atoms with E-state index in [1.807, 2.05) is 121 Å². The van der Waals surface area contributed by atoms with Gasteiger partial charge in [0.05, 0.1) is 29.6 Å². The first-order valence-corrected chi connectivity index (χ1v) is 24.4. The molecular weight excluding hydrogens is 940 g/mol. The van der Waals surface area contributed by atoms with Crippen LogP contribution >= 0.6 is 23.2 Å². The van der Waals surface area contributed by atoms with E-state index in [2.05, 4.69) is 81.1 Å². The average Bonchev–Trinajstić information content (AvgIpc) is 3.38. The minimum atomic E-state index is -2.80. The van der Waals surface area contributed by atoms with Crippen LogP contribution in [0.5, 0.6) is 11.5 Å². The summed E-state index contributed by atoms with van der Waals surface area (Å²) in [5.74, 6) is -3.57. The van der Waals surface area contributed by atoms with Gasteiger partial charge in [-0.3, -0.25) is 4.79 Å². The summed E-state index contributed by atoms with van der Waals surface area (Å²) in [7, 11) is 0. The van der Waals surface area contributed by atoms with Crippen molar-refractivity contribution in [2.75, 3.05) is 52.5 Å². The highest BCUT2D eigenvalue weighted by atomic mass is 35.5. The lowest BCUT2D eigenvalue weighted by Gasteiger charge is -2.21. The predicted octanol–water partition coefficient (Wildman–Crippen LogP) is 9.12. The lowest BCUT2D eigenvalue weighted by atomic mass is 9.95. The Kier molecular flexibility index (Phi) is 24.1. The smallest absolute Gasteiger partial charge is 0.336 e. The van der Waals surface area contributed by atoms with E-state index in [1.165, 1.54) is 0 Å². The van der Waals surface area contributed by atoms with E-state index in [-0.39, 0.29) is 0 Å². The number of aliphatic hydroxyl groups is 1. The second kappa shape index (κ2) is 30.1. The van der Waals surface area contributed by atoms with Crippen molar-refractivity contribution in [3.8, 4) is 11.5 Å². The second-order valence-corrected chi connectivity index (χ2v) is 17.0. The van der Waals surface area contributed by atoms with Gasteiger partial charge in [-0.15, -0.1) is 0 Å². The Morgan fingerprint density at radius 2 is 0.887 bits per heavy atom. The lowest BCUT2D eigenvalue weighted by molar-refractivity contribution is -0.896. The SMILES string of the molecule is CCN(CC)CCOc1ccc(/C(=C(/Cl)c2ccccc2)c2ccccc2)cc1.CC[NH+](CC)CCOc1ccc(/C(=C(/Cl)c2ccccc2)c2ccccc2)cc1.O=C([O-])CC(O)(CC(=O)O)C(=O)O. The molecule has 374 valence electrons. The molecule has 6 rings (SSSR count). The predicted molar refractivity (Wildman–Crippen MR) is 282 cm³/mol. The van der Waals surface area contributed by atoms with Crippen LogP contribution in [-0.2, 0) is 14.4 Å². The van der Waals surface area contributed by atoms with E-state index < -0.39 is 36.4 Å². The first-order chi connectivity index (χ1) is 34.2. The van der Waals surface area contributed by atoms with Crippen molar-refractivity contribution in [3.63, 3.8) is 0 Å². The van der Waals surface area contributed by atoms with E-state index in [0.29, 0.717) is 6.61 Å². The third-order valence-corrected chi connectivity index (χ3v) is 12.3. The number of carboxylic acid groups (broad SMARTS) is 3. The van der Waals surface area contributed by atoms with Gasteiger partial charge in [-0.2, -0.15) is 0 Å². The Balaban J connectivity index is 0.000000249. The molecule has 0 aliphatic carbocycles. The maximum atomic E-state index is 10.3. The third-order valence-electron chi connectivity index (χ3n) is 11.5. The molecule has 0 saturated heterocycles. The maximum absolute atomic E-state index is 10.3. The molecule has 0 saturated carbocycles. The fraction of sp³-hybridized carbons (Fsp3) is 0.259. The number of hydrogen-bond donors (Lipinski definition) is 4. The molecule has 71 heavy (non-hydrogen) atoms. The molecule has 0 radical (unpaired) electrons. The number of likely N-dealkylation sites (N-methyl/N-ethyl adjacent to an activating group) is 2. The number of quaternary nitrogens is 1. The molecule has 0 aliphatic rings. The highest BCUT2D eigenvalue weighted by Crippen LogP contribution is 2.37. The summed E-state index contributed by atoms with van der Waals surface area (Å²) in [6.07, 6.45) is -2.44. The average molecular weight is 1000 g/mol. The van der Waals surface area contributed by atoms with Gasteiger partial charge in [0.1, 0.15) is 31.3 Å². The maximum Gasteiger partial charge on any atom is 0.336 e. The summed E-state index contributed by atoms with van der Waals surface area (Å²) in [5.41, 5.74) is 5.60. The fourth-order valence-electron chi connectivity index (χ4n) is 7.40. The quantitative estimate of drug-likeness (QED) is 0.0456. The van der Waals surface area contributed by atoms with Crippen LogP contribution in [0, 0.1) is 0 Å². The van der Waals surface area contributed by atoms with Crippen molar-refractivity contribution in [3.05, 3.63) is 203 Å². The summed E-state index contributed by atoms with van der Waals surface area (Å²) in [5, 5.41) is 37.0. The monoisotopic (exact) mass is 1000 g/mol. The van der Waals surface area contributed by atoms with E-state index >= 15 is 0 Å². The van der Waals surface area contributed by atoms with E-state index in [4.69, 9.17) is 48.0 Å². The van der Waals surface area contributed by atoms with Crippen LogP contribution < -0.4 is 19.5 Å². The molecule has 1 unspecified atom stereocenters. The van der Waals surface area contributed by atoms with Crippen LogP contribution in [-0.4, -0.2) is 96.2 Å². The van der Waals surface area contributed by atoms with Crippen LogP contribution in [0.3, 0.4) is 0 Å². The van der Waals surface area contributed by atoms with Crippen molar-refractivity contribution in [2.24, 2.45) is 0 Å². The molecule has 0 aliphatic heterocycles. The minimum Gasteiger partial charge on any atom is -0.550 e. The number of aliphatic carboxylic acids is 3. The lowest BCUT2D eigenvalue weighted by Crippen LogP contribution is -3.12. The number of hydrogen-bond acceptors (Lipinski definition) is 8. The van der Waals surface area contributed by atoms with Gasteiger partial charge in [-0.25, -0.2) is 4.79 Å². The van der Waals surface area contributed by atoms with Crippen molar-refractivity contribution in [2.45, 2.75) is 46.1 Å². The number of carboxylic acids is 3. The van der Waals surface area contributed by atoms with Gasteiger partial charge in [0.2, 0.25) is 0 Å². The summed E-state index contributed by atoms with van der Waals surface area (Å²) >= 11 is 13.8. The van der Waals surface area contributed by atoms with Crippen molar-refractivity contribution < 1.29 is 49.2 Å². The van der Waals surface area contributed by atoms with E-state index in [1.54, 1.807) is 4.90 Å². The molecule has 11 nitrogen and oxygen atoms in total. The highest BCUT2D eigenvalue weighted by molar-refractivity contribution is 6.53. The molecule has 4 N–H and O–H groups in total. The van der Waals surface area contributed by atoms with Gasteiger partial charge in [0.15, 0.2) is 5.60 Å². The number of carbonyl (C=O) groups excluding carboxylic acids is 1. The number of benzene rings is 6. The molecule has 0 amide bonds. The van der Waals surface area contributed by atoms with Crippen LogP contribution in [0.2, 0.25) is 0 Å². The first-order valence-electron chi connectivity index (χ1n) is 23.6. The van der Waals surface area contributed by atoms with Gasteiger partial charge in [0, 0.05) is 30.1 Å². The molecular formula is C58H64Cl2N2O9. The van der Waals surface area contributed by atoms with Crippen LogP contribution in [0.1, 0.15) is 73.9 Å². The molecule has 6 aromatic carbocycles. The number of halogens is 2. The molecule has 13 heteroatoms. The van der Waals surface area contributed by atoms with Crippen LogP contribution in [0.15, 0.2) is 170 Å². The van der Waals surface area contributed by atoms with E-state index in [9.17, 15) is 19.5 Å². The third kappa shape index (κ3) is 18.5. The number of ether oxygens (including phenoxy) is 2. The van der Waals surface area contributed by atoms with Gasteiger partial charge < -0.3 is 44.5 Å². The molecule has 0 bridgehead atoms. The topological polar surface area (TPSA) is 161 Å². The molecule has 6 aromatic rings. The van der Waals surface area contributed by atoms with Gasteiger partial charge in [-0.1, -0.05) is 183 Å². The summed E-state index contributed by atoms with van der Waals surface area (Å²) in [4.78, 5) is 34.2. The van der Waals surface area contributed by atoms with Crippen molar-refractivity contribution in [1.82, 2.24) is 4.90 Å². The number of nitrogens with one attached hydrogen (secondary N) is 1. The number of carbonyl (C=O) groups is 3. The Morgan fingerprint density at radius 1 is 0.535 bits per heavy atom. The molecule has 0 heterocycles. The Hall–Kier alpha value is -6.73. The van der Waals surface area contributed by atoms with E-state index in [0.717, 1.165) is 112 Å². The molecule has 0 fully saturated rings. The Morgan fingerprint density at radius 3 is 1.21 bits per heavy atom. The summed E-state index contributed by atoms with van der Waals surface area (Å²) in [6.45, 7) is 16.5. The minimum absolute atomic E-state index is 0.688. The summed E-state index contributed by atoms with van der Waals surface area (Å²) in [6, 6.07) is 57.2. The molecule has 1 atom stereocenters. The number of nitrogens with zero attached hydrogens (tertiary/aromatic N) is 1. The van der Waals surface area contributed by atoms with Gasteiger partial charge >= 0.3 is 11.9 Å². The summed E-state index contributed by atoms with van der Waals surface area (Å²) < 4.78 is 11.9. The Bertz CT molecular complexity index is 2410. The standard InChI is InChI=1S/2C26H28ClNO.C6H8O7/c2*1-3-28(4-2)19-20-29-24-17-15-22(16-18-24)25(21-11-7-5-8-12-21)26(27)23-13-9-6-10-14-23;7-3(8)1-6(13,5(11)12)2-4(9)10/h2*5-18H,3-4,19-20H2,1-2H3;13H,1-2H2,(H,7,8)(H,9,10)(H,11,12)/b2*26-25+;. The highest BCUT2D eigenvalue weighted by Gasteiger charge is 2.38. The second-order valence-electron chi connectivity index (χ2n) is 16.3. The van der Waals surface area contributed by atoms with Gasteiger partial charge in [0.25, 0.3) is 0 Å².